The number of ether oxygens (including phenoxy) is 2. The van der Waals surface area contributed by atoms with Gasteiger partial charge < -0.3 is 19.2 Å². The van der Waals surface area contributed by atoms with E-state index in [2.05, 4.69) is 19.2 Å². The van der Waals surface area contributed by atoms with Gasteiger partial charge in [-0.15, -0.1) is 0 Å². The minimum absolute atomic E-state index is 0.515. The summed E-state index contributed by atoms with van der Waals surface area (Å²) >= 11 is 0. The van der Waals surface area contributed by atoms with Crippen LogP contribution in [0.1, 0.15) is 31.8 Å². The average Bonchev–Trinajstić information content (AvgIpc) is 2.79. The molecule has 1 aromatic rings. The maximum Gasteiger partial charge on any atom is 0.129 e. The number of nitrogens with one attached hydrogen (secondary N) is 1. The Balaban J connectivity index is 2.08. The quantitative estimate of drug-likeness (QED) is 0.638. The lowest BCUT2D eigenvalue weighted by molar-refractivity contribution is 0.0347. The lowest BCUT2D eigenvalue weighted by Gasteiger charge is -2.03. The Morgan fingerprint density at radius 2 is 1.82 bits per heavy atom. The number of rotatable bonds is 10. The van der Waals surface area contributed by atoms with Gasteiger partial charge in [0.15, 0.2) is 0 Å². The first kappa shape index (κ1) is 14.2. The van der Waals surface area contributed by atoms with Crippen molar-refractivity contribution in [2.24, 2.45) is 0 Å². The summed E-state index contributed by atoms with van der Waals surface area (Å²) in [5.74, 6) is 1.82. The lowest BCUT2D eigenvalue weighted by Crippen LogP contribution is -2.10. The van der Waals surface area contributed by atoms with Gasteiger partial charge >= 0.3 is 0 Å². The molecule has 4 heteroatoms. The molecule has 0 unspecified atom stereocenters. The van der Waals surface area contributed by atoms with Gasteiger partial charge in [-0.1, -0.05) is 13.8 Å². The summed E-state index contributed by atoms with van der Waals surface area (Å²) in [6.45, 7) is 8.47. The normalized spacial score (nSPS) is 10.9. The molecule has 0 aliphatic rings. The van der Waals surface area contributed by atoms with E-state index in [1.807, 2.05) is 12.1 Å². The second kappa shape index (κ2) is 9.22. The lowest BCUT2D eigenvalue weighted by atomic mass is 10.4. The Kier molecular flexibility index (Phi) is 7.71. The zero-order valence-corrected chi connectivity index (χ0v) is 10.8. The van der Waals surface area contributed by atoms with Crippen LogP contribution in [0.15, 0.2) is 16.5 Å². The molecule has 0 aliphatic carbocycles. The third kappa shape index (κ3) is 6.46. The van der Waals surface area contributed by atoms with Crippen LogP contribution >= 0.6 is 0 Å². The van der Waals surface area contributed by atoms with E-state index in [0.29, 0.717) is 19.8 Å². The second-order valence-electron chi connectivity index (χ2n) is 3.81. The van der Waals surface area contributed by atoms with Crippen LogP contribution < -0.4 is 5.32 Å². The van der Waals surface area contributed by atoms with Gasteiger partial charge in [0.1, 0.15) is 18.1 Å². The molecule has 4 nitrogen and oxygen atoms in total. The van der Waals surface area contributed by atoms with E-state index in [-0.39, 0.29) is 0 Å². The van der Waals surface area contributed by atoms with Gasteiger partial charge in [-0.2, -0.15) is 0 Å². The summed E-state index contributed by atoms with van der Waals surface area (Å²) < 4.78 is 16.3. The fraction of sp³-hybridized carbons (Fsp3) is 0.692. The van der Waals surface area contributed by atoms with E-state index in [9.17, 15) is 0 Å². The van der Waals surface area contributed by atoms with Gasteiger partial charge in [0.2, 0.25) is 0 Å². The van der Waals surface area contributed by atoms with Gasteiger partial charge in [0.05, 0.1) is 19.8 Å². The summed E-state index contributed by atoms with van der Waals surface area (Å²) in [6, 6.07) is 3.94. The van der Waals surface area contributed by atoms with Crippen LogP contribution in [0.5, 0.6) is 0 Å². The van der Waals surface area contributed by atoms with Crippen molar-refractivity contribution in [3.8, 4) is 0 Å². The van der Waals surface area contributed by atoms with E-state index >= 15 is 0 Å². The highest BCUT2D eigenvalue weighted by Crippen LogP contribution is 2.08. The largest absolute Gasteiger partial charge is 0.462 e. The molecule has 0 saturated heterocycles. The predicted octanol–water partition coefficient (Wildman–Crippen LogP) is 2.33. The van der Waals surface area contributed by atoms with Crippen LogP contribution in [-0.2, 0) is 22.6 Å². The summed E-state index contributed by atoms with van der Waals surface area (Å²) in [5, 5.41) is 3.21. The Morgan fingerprint density at radius 1 is 1.06 bits per heavy atom. The van der Waals surface area contributed by atoms with Crippen molar-refractivity contribution in [2.75, 3.05) is 26.4 Å². The Labute approximate surface area is 103 Å². The van der Waals surface area contributed by atoms with Crippen molar-refractivity contribution in [3.05, 3.63) is 23.7 Å². The summed E-state index contributed by atoms with van der Waals surface area (Å²) in [7, 11) is 0. The predicted molar refractivity (Wildman–Crippen MR) is 66.9 cm³/mol. The van der Waals surface area contributed by atoms with Crippen molar-refractivity contribution in [1.29, 1.82) is 0 Å². The molecule has 0 aromatic carbocycles. The molecule has 0 radical (unpaired) electrons. The first-order valence-corrected chi connectivity index (χ1v) is 6.30. The molecule has 0 amide bonds. The van der Waals surface area contributed by atoms with Crippen LogP contribution in [0.25, 0.3) is 0 Å². The average molecular weight is 241 g/mol. The van der Waals surface area contributed by atoms with Crippen molar-refractivity contribution in [1.82, 2.24) is 5.32 Å². The summed E-state index contributed by atoms with van der Waals surface area (Å²) in [4.78, 5) is 0. The first-order valence-electron chi connectivity index (χ1n) is 6.30. The zero-order valence-electron chi connectivity index (χ0n) is 10.8. The van der Waals surface area contributed by atoms with Gasteiger partial charge in [0.25, 0.3) is 0 Å². The Hall–Kier alpha value is -0.840. The number of furan rings is 1. The van der Waals surface area contributed by atoms with Crippen LogP contribution in [0.4, 0.5) is 0 Å². The summed E-state index contributed by atoms with van der Waals surface area (Å²) in [5.41, 5.74) is 0. The highest BCUT2D eigenvalue weighted by Gasteiger charge is 2.01. The molecule has 0 atom stereocenters. The van der Waals surface area contributed by atoms with Crippen LogP contribution in [0.3, 0.4) is 0 Å². The van der Waals surface area contributed by atoms with Crippen LogP contribution in [0.2, 0.25) is 0 Å². The molecule has 0 bridgehead atoms. The topological polar surface area (TPSA) is 43.6 Å². The molecular weight excluding hydrogens is 218 g/mol. The molecule has 1 rings (SSSR count). The second-order valence-corrected chi connectivity index (χ2v) is 3.81. The highest BCUT2D eigenvalue weighted by atomic mass is 16.5. The molecule has 1 heterocycles. The van der Waals surface area contributed by atoms with Crippen LogP contribution in [-0.4, -0.2) is 26.4 Å². The smallest absolute Gasteiger partial charge is 0.129 e. The van der Waals surface area contributed by atoms with Gasteiger partial charge in [-0.3, -0.25) is 0 Å². The fourth-order valence-corrected chi connectivity index (χ4v) is 1.38. The van der Waals surface area contributed by atoms with Gasteiger partial charge in [-0.05, 0) is 25.1 Å². The molecule has 0 saturated carbocycles. The van der Waals surface area contributed by atoms with Gasteiger partial charge in [0, 0.05) is 6.61 Å². The minimum atomic E-state index is 0.515. The number of hydrogen-bond acceptors (Lipinski definition) is 4. The molecule has 0 fully saturated rings. The number of hydrogen-bond donors (Lipinski definition) is 1. The molecule has 0 aliphatic heterocycles. The van der Waals surface area contributed by atoms with Crippen molar-refractivity contribution < 1.29 is 13.9 Å². The monoisotopic (exact) mass is 241 g/mol. The Morgan fingerprint density at radius 3 is 2.59 bits per heavy atom. The maximum absolute atomic E-state index is 5.59. The standard InChI is InChI=1S/C13H23NO3/c1-3-7-15-8-9-16-11-13-6-5-12(17-13)10-14-4-2/h5-6,14H,3-4,7-11H2,1-2H3. The van der Waals surface area contributed by atoms with E-state index in [4.69, 9.17) is 13.9 Å². The molecule has 17 heavy (non-hydrogen) atoms. The minimum Gasteiger partial charge on any atom is -0.462 e. The Bertz CT molecular complexity index is 286. The van der Waals surface area contributed by atoms with E-state index in [1.165, 1.54) is 0 Å². The third-order valence-electron chi connectivity index (χ3n) is 2.23. The van der Waals surface area contributed by atoms with E-state index in [0.717, 1.165) is 37.6 Å². The molecule has 98 valence electrons. The van der Waals surface area contributed by atoms with Crippen molar-refractivity contribution in [2.45, 2.75) is 33.4 Å². The van der Waals surface area contributed by atoms with Crippen LogP contribution in [0, 0.1) is 0 Å². The SMILES string of the molecule is CCCOCCOCc1ccc(CNCC)o1. The first-order chi connectivity index (χ1) is 8.36. The third-order valence-corrected chi connectivity index (χ3v) is 2.23. The van der Waals surface area contributed by atoms with E-state index < -0.39 is 0 Å². The highest BCUT2D eigenvalue weighted by molar-refractivity contribution is 5.06. The fourth-order valence-electron chi connectivity index (χ4n) is 1.38. The van der Waals surface area contributed by atoms with Crippen molar-refractivity contribution >= 4 is 0 Å². The summed E-state index contributed by atoms with van der Waals surface area (Å²) in [6.07, 6.45) is 1.05. The molecule has 1 aromatic heterocycles. The molecular formula is C13H23NO3. The molecule has 1 N–H and O–H groups in total. The zero-order chi connectivity index (χ0) is 12.3. The maximum atomic E-state index is 5.59. The van der Waals surface area contributed by atoms with Gasteiger partial charge in [-0.25, -0.2) is 0 Å². The van der Waals surface area contributed by atoms with Crippen molar-refractivity contribution in [3.63, 3.8) is 0 Å². The molecule has 0 spiro atoms. The van der Waals surface area contributed by atoms with E-state index in [1.54, 1.807) is 0 Å².